The van der Waals surface area contributed by atoms with Crippen LogP contribution in [-0.4, -0.2) is 18.5 Å². The van der Waals surface area contributed by atoms with Crippen molar-refractivity contribution in [2.75, 3.05) is 6.54 Å². The second-order valence-electron chi connectivity index (χ2n) is 6.24. The highest BCUT2D eigenvalue weighted by atomic mass is 16.2. The van der Waals surface area contributed by atoms with Crippen LogP contribution in [-0.2, 0) is 4.79 Å². The van der Waals surface area contributed by atoms with Gasteiger partial charge in [0.15, 0.2) is 0 Å². The molecule has 17 heavy (non-hydrogen) atoms. The zero-order chi connectivity index (χ0) is 11.8. The van der Waals surface area contributed by atoms with Crippen LogP contribution in [0.4, 0.5) is 0 Å². The second-order valence-corrected chi connectivity index (χ2v) is 6.24. The summed E-state index contributed by atoms with van der Waals surface area (Å²) in [7, 11) is 0. The Kier molecular flexibility index (Phi) is 3.12. The summed E-state index contributed by atoms with van der Waals surface area (Å²) in [6, 6.07) is 0.501. The minimum Gasteiger partial charge on any atom is -0.353 e. The van der Waals surface area contributed by atoms with Crippen LogP contribution in [0.1, 0.15) is 44.9 Å². The minimum atomic E-state index is 0.208. The number of nitrogens with two attached hydrogens (primary N) is 1. The van der Waals surface area contributed by atoms with Gasteiger partial charge in [-0.3, -0.25) is 4.79 Å². The van der Waals surface area contributed by atoms with Gasteiger partial charge in [0.05, 0.1) is 0 Å². The van der Waals surface area contributed by atoms with Crippen molar-refractivity contribution in [2.24, 2.45) is 29.4 Å². The van der Waals surface area contributed by atoms with Gasteiger partial charge in [0.2, 0.25) is 5.91 Å². The normalized spacial score (nSPS) is 33.1. The van der Waals surface area contributed by atoms with Crippen molar-refractivity contribution in [3.63, 3.8) is 0 Å². The highest BCUT2D eigenvalue weighted by Gasteiger charge is 2.43. The number of hydrogen-bond donors (Lipinski definition) is 2. The molecule has 0 bridgehead atoms. The lowest BCUT2D eigenvalue weighted by Crippen LogP contribution is -2.43. The van der Waals surface area contributed by atoms with E-state index in [1.54, 1.807) is 0 Å². The molecule has 0 radical (unpaired) electrons. The van der Waals surface area contributed by atoms with Crippen LogP contribution in [0.5, 0.6) is 0 Å². The SMILES string of the molecule is NCC1CCCC1C(=O)NC(C1CC1)C1CC1. The Hall–Kier alpha value is -0.570. The fraction of sp³-hybridized carbons (Fsp3) is 0.929. The monoisotopic (exact) mass is 236 g/mol. The maximum Gasteiger partial charge on any atom is 0.223 e. The zero-order valence-corrected chi connectivity index (χ0v) is 10.5. The van der Waals surface area contributed by atoms with E-state index in [1.807, 2.05) is 0 Å². The molecule has 3 saturated carbocycles. The first-order chi connectivity index (χ1) is 8.29. The third kappa shape index (κ3) is 2.49. The molecular weight excluding hydrogens is 212 g/mol. The Morgan fingerprint density at radius 2 is 1.76 bits per heavy atom. The molecular formula is C14H24N2O. The van der Waals surface area contributed by atoms with Crippen LogP contribution >= 0.6 is 0 Å². The van der Waals surface area contributed by atoms with Gasteiger partial charge < -0.3 is 11.1 Å². The average molecular weight is 236 g/mol. The molecule has 1 amide bonds. The van der Waals surface area contributed by atoms with Crippen molar-refractivity contribution in [3.8, 4) is 0 Å². The van der Waals surface area contributed by atoms with E-state index < -0.39 is 0 Å². The summed E-state index contributed by atoms with van der Waals surface area (Å²) < 4.78 is 0. The van der Waals surface area contributed by atoms with Gasteiger partial charge in [-0.2, -0.15) is 0 Å². The third-order valence-electron chi connectivity index (χ3n) is 4.87. The maximum atomic E-state index is 12.3. The highest BCUT2D eigenvalue weighted by molar-refractivity contribution is 5.79. The van der Waals surface area contributed by atoms with E-state index in [0.29, 0.717) is 24.4 Å². The number of nitrogens with one attached hydrogen (secondary N) is 1. The molecule has 3 fully saturated rings. The lowest BCUT2D eigenvalue weighted by atomic mass is 9.94. The van der Waals surface area contributed by atoms with Crippen LogP contribution in [0.25, 0.3) is 0 Å². The molecule has 2 atom stereocenters. The maximum absolute atomic E-state index is 12.3. The Morgan fingerprint density at radius 3 is 2.29 bits per heavy atom. The summed E-state index contributed by atoms with van der Waals surface area (Å²) >= 11 is 0. The molecule has 3 nitrogen and oxygen atoms in total. The Morgan fingerprint density at radius 1 is 1.12 bits per heavy atom. The van der Waals surface area contributed by atoms with Gasteiger partial charge >= 0.3 is 0 Å². The van der Waals surface area contributed by atoms with Gasteiger partial charge in [0, 0.05) is 12.0 Å². The number of carbonyl (C=O) groups excluding carboxylic acids is 1. The molecule has 0 aromatic rings. The van der Waals surface area contributed by atoms with E-state index in [-0.39, 0.29) is 5.92 Å². The third-order valence-corrected chi connectivity index (χ3v) is 4.87. The molecule has 0 aromatic heterocycles. The molecule has 3 aliphatic carbocycles. The predicted molar refractivity (Wildman–Crippen MR) is 67.3 cm³/mol. The average Bonchev–Trinajstić information content (AvgIpc) is 3.23. The van der Waals surface area contributed by atoms with E-state index in [4.69, 9.17) is 5.73 Å². The predicted octanol–water partition coefficient (Wildman–Crippen LogP) is 1.67. The van der Waals surface area contributed by atoms with Gasteiger partial charge in [-0.1, -0.05) is 6.42 Å². The molecule has 0 aliphatic heterocycles. The highest BCUT2D eigenvalue weighted by Crippen LogP contribution is 2.45. The van der Waals surface area contributed by atoms with E-state index >= 15 is 0 Å². The number of amides is 1. The van der Waals surface area contributed by atoms with Crippen LogP contribution in [0, 0.1) is 23.7 Å². The lowest BCUT2D eigenvalue weighted by molar-refractivity contribution is -0.127. The summed E-state index contributed by atoms with van der Waals surface area (Å²) in [5.41, 5.74) is 5.76. The zero-order valence-electron chi connectivity index (χ0n) is 10.5. The summed E-state index contributed by atoms with van der Waals surface area (Å²) in [4.78, 5) is 12.3. The standard InChI is InChI=1S/C14H24N2O/c15-8-11-2-1-3-12(11)14(17)16-13(9-4-5-9)10-6-7-10/h9-13H,1-8,15H2,(H,16,17). The van der Waals surface area contributed by atoms with E-state index in [1.165, 1.54) is 32.1 Å². The van der Waals surface area contributed by atoms with Gasteiger partial charge in [0.25, 0.3) is 0 Å². The fourth-order valence-electron chi connectivity index (χ4n) is 3.47. The molecule has 96 valence electrons. The molecule has 2 unspecified atom stereocenters. The summed E-state index contributed by atoms with van der Waals surface area (Å²) in [6.07, 6.45) is 8.68. The number of rotatable bonds is 5. The van der Waals surface area contributed by atoms with Crippen LogP contribution in [0.3, 0.4) is 0 Å². The smallest absolute Gasteiger partial charge is 0.223 e. The van der Waals surface area contributed by atoms with Gasteiger partial charge in [-0.05, 0) is 62.8 Å². The van der Waals surface area contributed by atoms with Gasteiger partial charge in [-0.25, -0.2) is 0 Å². The van der Waals surface area contributed by atoms with Crippen LogP contribution in [0.15, 0.2) is 0 Å². The topological polar surface area (TPSA) is 55.1 Å². The van der Waals surface area contributed by atoms with Crippen molar-refractivity contribution in [3.05, 3.63) is 0 Å². The Balaban J connectivity index is 1.57. The molecule has 3 rings (SSSR count). The van der Waals surface area contributed by atoms with E-state index in [9.17, 15) is 4.79 Å². The van der Waals surface area contributed by atoms with Crippen molar-refractivity contribution in [2.45, 2.75) is 51.0 Å². The first-order valence-electron chi connectivity index (χ1n) is 7.30. The van der Waals surface area contributed by atoms with Crippen LogP contribution < -0.4 is 11.1 Å². The molecule has 0 spiro atoms. The molecule has 3 N–H and O–H groups in total. The number of carbonyl (C=O) groups is 1. The van der Waals surface area contributed by atoms with Crippen molar-refractivity contribution in [1.29, 1.82) is 0 Å². The number of hydrogen-bond acceptors (Lipinski definition) is 2. The lowest BCUT2D eigenvalue weighted by Gasteiger charge is -2.23. The van der Waals surface area contributed by atoms with Gasteiger partial charge in [-0.15, -0.1) is 0 Å². The summed E-state index contributed by atoms with van der Waals surface area (Å²) in [5, 5.41) is 3.35. The molecule has 0 saturated heterocycles. The summed E-state index contributed by atoms with van der Waals surface area (Å²) in [5.74, 6) is 2.55. The fourth-order valence-corrected chi connectivity index (χ4v) is 3.47. The molecule has 3 aliphatic rings. The quantitative estimate of drug-likeness (QED) is 0.763. The second kappa shape index (κ2) is 4.60. The van der Waals surface area contributed by atoms with Crippen molar-refractivity contribution in [1.82, 2.24) is 5.32 Å². The first-order valence-corrected chi connectivity index (χ1v) is 7.30. The van der Waals surface area contributed by atoms with Crippen LogP contribution in [0.2, 0.25) is 0 Å². The molecule has 0 aromatic carbocycles. The summed E-state index contributed by atoms with van der Waals surface area (Å²) in [6.45, 7) is 0.676. The van der Waals surface area contributed by atoms with Gasteiger partial charge in [0.1, 0.15) is 0 Å². The Labute approximate surface area is 104 Å². The minimum absolute atomic E-state index is 0.208. The van der Waals surface area contributed by atoms with E-state index in [0.717, 1.165) is 24.7 Å². The van der Waals surface area contributed by atoms with Crippen molar-refractivity contribution < 1.29 is 4.79 Å². The first kappa shape index (κ1) is 11.5. The van der Waals surface area contributed by atoms with Crippen molar-refractivity contribution >= 4 is 5.91 Å². The molecule has 3 heteroatoms. The Bertz CT molecular complexity index is 285. The van der Waals surface area contributed by atoms with E-state index in [2.05, 4.69) is 5.32 Å². The largest absolute Gasteiger partial charge is 0.353 e. The molecule has 0 heterocycles.